The van der Waals surface area contributed by atoms with Crippen molar-refractivity contribution in [2.45, 2.75) is 13.0 Å². The molecule has 0 aliphatic rings. The van der Waals surface area contributed by atoms with Crippen LogP contribution in [0.15, 0.2) is 41.9 Å². The smallest absolute Gasteiger partial charge is 0.125 e. The van der Waals surface area contributed by atoms with E-state index in [0.717, 1.165) is 27.2 Å². The number of thiazole rings is 1. The average molecular weight is 255 g/mol. The minimum Gasteiger partial charge on any atom is -0.323 e. The van der Waals surface area contributed by atoms with Crippen molar-refractivity contribution in [2.24, 2.45) is 5.73 Å². The summed E-state index contributed by atoms with van der Waals surface area (Å²) in [6, 6.07) is 10.1. The Hall–Kier alpha value is -1.78. The largest absolute Gasteiger partial charge is 0.323 e. The molecule has 18 heavy (non-hydrogen) atoms. The van der Waals surface area contributed by atoms with Gasteiger partial charge in [0.05, 0.1) is 11.2 Å². The van der Waals surface area contributed by atoms with Crippen LogP contribution in [0.5, 0.6) is 0 Å². The molecule has 1 unspecified atom stereocenters. The van der Waals surface area contributed by atoms with Gasteiger partial charge in [0.2, 0.25) is 0 Å². The van der Waals surface area contributed by atoms with E-state index in [-0.39, 0.29) is 6.04 Å². The normalized spacial score (nSPS) is 12.8. The molecule has 0 bridgehead atoms. The van der Waals surface area contributed by atoms with Crippen LogP contribution in [0.1, 0.15) is 18.7 Å². The lowest BCUT2D eigenvalue weighted by Crippen LogP contribution is -2.04. The van der Waals surface area contributed by atoms with Gasteiger partial charge in [-0.2, -0.15) is 0 Å². The number of benzene rings is 1. The highest BCUT2D eigenvalue weighted by Crippen LogP contribution is 2.30. The number of nitrogens with zero attached hydrogens (tertiary/aromatic N) is 2. The van der Waals surface area contributed by atoms with Crippen molar-refractivity contribution in [3.05, 3.63) is 47.6 Å². The fourth-order valence-corrected chi connectivity index (χ4v) is 2.85. The number of para-hydroxylation sites is 1. The third-order valence-corrected chi connectivity index (χ3v) is 3.75. The van der Waals surface area contributed by atoms with Crippen molar-refractivity contribution in [3.63, 3.8) is 0 Å². The van der Waals surface area contributed by atoms with E-state index in [9.17, 15) is 0 Å². The molecule has 3 rings (SSSR count). The summed E-state index contributed by atoms with van der Waals surface area (Å²) in [5, 5.41) is 4.13. The molecular weight excluding hydrogens is 242 g/mol. The number of pyridine rings is 1. The second kappa shape index (κ2) is 4.48. The Morgan fingerprint density at radius 1 is 1.22 bits per heavy atom. The number of nitrogens with two attached hydrogens (primary N) is 1. The maximum absolute atomic E-state index is 5.85. The molecular formula is C14H13N3S. The lowest BCUT2D eigenvalue weighted by atomic mass is 10.1. The number of hydrogen-bond acceptors (Lipinski definition) is 4. The molecule has 0 saturated heterocycles. The van der Waals surface area contributed by atoms with Gasteiger partial charge in [-0.3, -0.25) is 4.98 Å². The van der Waals surface area contributed by atoms with Crippen molar-refractivity contribution in [2.75, 3.05) is 0 Å². The predicted octanol–water partition coefficient (Wildman–Crippen LogP) is 3.38. The number of aromatic nitrogens is 2. The number of hydrogen-bond donors (Lipinski definition) is 1. The van der Waals surface area contributed by atoms with Gasteiger partial charge in [-0.15, -0.1) is 11.3 Å². The van der Waals surface area contributed by atoms with Gasteiger partial charge in [0, 0.05) is 28.6 Å². The first-order chi connectivity index (χ1) is 8.75. The van der Waals surface area contributed by atoms with Gasteiger partial charge in [-0.25, -0.2) is 4.98 Å². The number of fused-ring (bicyclic) bond motifs is 1. The Morgan fingerprint density at radius 3 is 2.83 bits per heavy atom. The van der Waals surface area contributed by atoms with Gasteiger partial charge in [0.15, 0.2) is 0 Å². The standard InChI is InChI=1S/C14H13N3S/c1-9(15)12-8-18-14(17-12)11-6-2-4-10-5-3-7-16-13(10)11/h2-9H,15H2,1H3. The molecule has 0 spiro atoms. The summed E-state index contributed by atoms with van der Waals surface area (Å²) < 4.78 is 0. The molecule has 0 aliphatic carbocycles. The first-order valence-electron chi connectivity index (χ1n) is 5.81. The van der Waals surface area contributed by atoms with E-state index in [1.807, 2.05) is 30.6 Å². The fraction of sp³-hybridized carbons (Fsp3) is 0.143. The molecule has 0 radical (unpaired) electrons. The van der Waals surface area contributed by atoms with Crippen LogP contribution in [0.4, 0.5) is 0 Å². The topological polar surface area (TPSA) is 51.8 Å². The van der Waals surface area contributed by atoms with E-state index in [2.05, 4.69) is 28.2 Å². The van der Waals surface area contributed by atoms with E-state index < -0.39 is 0 Å². The highest BCUT2D eigenvalue weighted by molar-refractivity contribution is 7.13. The SMILES string of the molecule is CC(N)c1csc(-c2cccc3cccnc23)n1. The van der Waals surface area contributed by atoms with Crippen LogP contribution >= 0.6 is 11.3 Å². The van der Waals surface area contributed by atoms with Crippen molar-refractivity contribution in [1.29, 1.82) is 0 Å². The third kappa shape index (κ3) is 1.89. The Kier molecular flexibility index (Phi) is 2.81. The van der Waals surface area contributed by atoms with Crippen LogP contribution in [0.25, 0.3) is 21.5 Å². The highest BCUT2D eigenvalue weighted by atomic mass is 32.1. The third-order valence-electron chi connectivity index (χ3n) is 2.85. The Bertz CT molecular complexity index is 683. The predicted molar refractivity (Wildman–Crippen MR) is 75.5 cm³/mol. The van der Waals surface area contributed by atoms with Gasteiger partial charge in [0.25, 0.3) is 0 Å². The summed E-state index contributed by atoms with van der Waals surface area (Å²) in [6.07, 6.45) is 1.81. The molecule has 0 saturated carbocycles. The Balaban J connectivity index is 2.18. The summed E-state index contributed by atoms with van der Waals surface area (Å²) in [5.41, 5.74) is 8.84. The quantitative estimate of drug-likeness (QED) is 0.763. The summed E-state index contributed by atoms with van der Waals surface area (Å²) in [4.78, 5) is 9.03. The fourth-order valence-electron chi connectivity index (χ4n) is 1.90. The van der Waals surface area contributed by atoms with E-state index in [1.165, 1.54) is 0 Å². The van der Waals surface area contributed by atoms with E-state index in [1.54, 1.807) is 11.3 Å². The van der Waals surface area contributed by atoms with E-state index in [4.69, 9.17) is 5.73 Å². The molecule has 0 fully saturated rings. The maximum Gasteiger partial charge on any atom is 0.125 e. The molecule has 3 nitrogen and oxygen atoms in total. The van der Waals surface area contributed by atoms with Gasteiger partial charge in [0.1, 0.15) is 5.01 Å². The zero-order valence-electron chi connectivity index (χ0n) is 10.00. The molecule has 2 N–H and O–H groups in total. The van der Waals surface area contributed by atoms with Crippen LogP contribution in [0.2, 0.25) is 0 Å². The molecule has 1 aromatic carbocycles. The minimum absolute atomic E-state index is 0.0297. The molecule has 0 amide bonds. The molecule has 0 aliphatic heterocycles. The van der Waals surface area contributed by atoms with Gasteiger partial charge < -0.3 is 5.73 Å². The highest BCUT2D eigenvalue weighted by Gasteiger charge is 2.10. The van der Waals surface area contributed by atoms with Gasteiger partial charge in [-0.1, -0.05) is 18.2 Å². The Labute approximate surface area is 109 Å². The first kappa shape index (κ1) is 11.3. The molecule has 2 aromatic heterocycles. The molecule has 1 atom stereocenters. The molecule has 3 aromatic rings. The van der Waals surface area contributed by atoms with Gasteiger partial charge >= 0.3 is 0 Å². The van der Waals surface area contributed by atoms with Crippen LogP contribution in [-0.2, 0) is 0 Å². The minimum atomic E-state index is -0.0297. The van der Waals surface area contributed by atoms with Crippen molar-refractivity contribution < 1.29 is 0 Å². The van der Waals surface area contributed by atoms with E-state index in [0.29, 0.717) is 0 Å². The van der Waals surface area contributed by atoms with Crippen LogP contribution < -0.4 is 5.73 Å². The molecule has 90 valence electrons. The Morgan fingerprint density at radius 2 is 2.06 bits per heavy atom. The maximum atomic E-state index is 5.85. The number of rotatable bonds is 2. The molecule has 4 heteroatoms. The van der Waals surface area contributed by atoms with Crippen molar-refractivity contribution in [3.8, 4) is 10.6 Å². The average Bonchev–Trinajstić information content (AvgIpc) is 2.87. The van der Waals surface area contributed by atoms with Crippen LogP contribution in [0, 0.1) is 0 Å². The van der Waals surface area contributed by atoms with E-state index >= 15 is 0 Å². The molecule has 2 heterocycles. The second-order valence-electron chi connectivity index (χ2n) is 4.25. The lowest BCUT2D eigenvalue weighted by Gasteiger charge is -2.02. The summed E-state index contributed by atoms with van der Waals surface area (Å²) in [7, 11) is 0. The lowest BCUT2D eigenvalue weighted by molar-refractivity contribution is 0.790. The van der Waals surface area contributed by atoms with Crippen molar-refractivity contribution >= 4 is 22.2 Å². The van der Waals surface area contributed by atoms with Crippen molar-refractivity contribution in [1.82, 2.24) is 9.97 Å². The first-order valence-corrected chi connectivity index (χ1v) is 6.69. The van der Waals surface area contributed by atoms with Gasteiger partial charge in [-0.05, 0) is 19.1 Å². The van der Waals surface area contributed by atoms with Crippen LogP contribution in [0.3, 0.4) is 0 Å². The summed E-state index contributed by atoms with van der Waals surface area (Å²) >= 11 is 1.61. The van der Waals surface area contributed by atoms with Crippen LogP contribution in [-0.4, -0.2) is 9.97 Å². The zero-order chi connectivity index (χ0) is 12.5. The zero-order valence-corrected chi connectivity index (χ0v) is 10.8. The monoisotopic (exact) mass is 255 g/mol. The second-order valence-corrected chi connectivity index (χ2v) is 5.10. The summed E-state index contributed by atoms with van der Waals surface area (Å²) in [6.45, 7) is 1.94. The summed E-state index contributed by atoms with van der Waals surface area (Å²) in [5.74, 6) is 0.